The average Bonchev–Trinajstić information content (AvgIpc) is 3.51. The van der Waals surface area contributed by atoms with Gasteiger partial charge >= 0.3 is 5.97 Å². The Morgan fingerprint density at radius 1 is 0.950 bits per heavy atom. The number of nitrogens with zero attached hydrogens (tertiary/aromatic N) is 4. The number of ether oxygens (including phenoxy) is 1. The first-order valence-electron chi connectivity index (χ1n) is 12.0. The van der Waals surface area contributed by atoms with E-state index < -0.39 is 32.8 Å². The van der Waals surface area contributed by atoms with Crippen molar-refractivity contribution in [2.24, 2.45) is 10.2 Å². The second-order valence-corrected chi connectivity index (χ2v) is 12.3. The van der Waals surface area contributed by atoms with Crippen LogP contribution in [-0.2, 0) is 24.4 Å². The summed E-state index contributed by atoms with van der Waals surface area (Å²) in [7, 11) is -4.74. The molecule has 0 saturated carbocycles. The van der Waals surface area contributed by atoms with Crippen molar-refractivity contribution < 1.29 is 27.3 Å². The SMILES string of the molecule is CCOC(=O)[C@@H](N=Nc1ccc(-c2nc3ccc(-c4nc5ccc(C)cc5s4)cc3s2)cc1S(=O)(=O)O)C(C)=O. The molecule has 0 radical (unpaired) electrons. The van der Waals surface area contributed by atoms with E-state index in [9.17, 15) is 22.6 Å². The number of benzene rings is 3. The molecule has 0 aliphatic rings. The zero-order valence-corrected chi connectivity index (χ0v) is 23.9. The minimum absolute atomic E-state index is 0.0348. The van der Waals surface area contributed by atoms with Crippen LogP contribution in [0.2, 0.25) is 0 Å². The van der Waals surface area contributed by atoms with E-state index in [0.717, 1.165) is 37.9 Å². The Morgan fingerprint density at radius 2 is 1.55 bits per heavy atom. The predicted molar refractivity (Wildman–Crippen MR) is 154 cm³/mol. The minimum atomic E-state index is -4.74. The fourth-order valence-electron chi connectivity index (χ4n) is 3.91. The van der Waals surface area contributed by atoms with E-state index in [2.05, 4.69) is 21.3 Å². The molecule has 0 unspecified atom stereocenters. The first kappa shape index (κ1) is 27.6. The van der Waals surface area contributed by atoms with Crippen molar-refractivity contribution >= 4 is 70.7 Å². The lowest BCUT2D eigenvalue weighted by molar-refractivity contribution is -0.147. The lowest BCUT2D eigenvalue weighted by Gasteiger charge is -2.08. The lowest BCUT2D eigenvalue weighted by atomic mass is 10.2. The molecule has 204 valence electrons. The number of Topliss-reactive ketones (excluding diaryl/α,β-unsaturated/α-hetero) is 1. The second kappa shape index (κ2) is 10.9. The topological polar surface area (TPSA) is 148 Å². The maximum Gasteiger partial charge on any atom is 0.340 e. The number of fused-ring (bicyclic) bond motifs is 2. The van der Waals surface area contributed by atoms with Crippen LogP contribution in [0.15, 0.2) is 69.7 Å². The van der Waals surface area contributed by atoms with Gasteiger partial charge in [-0.1, -0.05) is 6.07 Å². The van der Waals surface area contributed by atoms with Gasteiger partial charge in [0.1, 0.15) is 20.6 Å². The number of rotatable bonds is 8. The smallest absolute Gasteiger partial charge is 0.340 e. The summed E-state index contributed by atoms with van der Waals surface area (Å²) in [5.74, 6) is -1.53. The van der Waals surface area contributed by atoms with Crippen LogP contribution in [0.3, 0.4) is 0 Å². The highest BCUT2D eigenvalue weighted by Crippen LogP contribution is 2.37. The molecule has 10 nitrogen and oxygen atoms in total. The van der Waals surface area contributed by atoms with Crippen molar-refractivity contribution in [2.75, 3.05) is 6.61 Å². The van der Waals surface area contributed by atoms with Gasteiger partial charge in [0.05, 0.1) is 27.0 Å². The maximum atomic E-state index is 12.2. The van der Waals surface area contributed by atoms with Crippen molar-refractivity contribution in [1.82, 2.24) is 9.97 Å². The van der Waals surface area contributed by atoms with Gasteiger partial charge < -0.3 is 4.74 Å². The highest BCUT2D eigenvalue weighted by molar-refractivity contribution is 7.86. The van der Waals surface area contributed by atoms with Gasteiger partial charge in [-0.15, -0.1) is 22.7 Å². The summed E-state index contributed by atoms with van der Waals surface area (Å²) in [4.78, 5) is 32.7. The van der Waals surface area contributed by atoms with Gasteiger partial charge in [-0.25, -0.2) is 14.8 Å². The van der Waals surface area contributed by atoms with Crippen LogP contribution in [-0.4, -0.2) is 47.3 Å². The lowest BCUT2D eigenvalue weighted by Crippen LogP contribution is -2.28. The molecule has 5 rings (SSSR count). The third-order valence-corrected chi connectivity index (χ3v) is 8.86. The van der Waals surface area contributed by atoms with Crippen LogP contribution in [0.25, 0.3) is 41.6 Å². The molecule has 3 aromatic carbocycles. The molecule has 0 amide bonds. The number of ketones is 1. The van der Waals surface area contributed by atoms with Crippen molar-refractivity contribution in [3.63, 3.8) is 0 Å². The maximum absolute atomic E-state index is 12.2. The third kappa shape index (κ3) is 5.68. The highest BCUT2D eigenvalue weighted by Gasteiger charge is 2.25. The Kier molecular flexibility index (Phi) is 7.55. The molecule has 2 aromatic heterocycles. The van der Waals surface area contributed by atoms with E-state index in [0.29, 0.717) is 10.6 Å². The fourth-order valence-corrected chi connectivity index (χ4v) is 6.62. The van der Waals surface area contributed by atoms with Crippen LogP contribution < -0.4 is 0 Å². The zero-order valence-electron chi connectivity index (χ0n) is 21.5. The average molecular weight is 595 g/mol. The van der Waals surface area contributed by atoms with Crippen molar-refractivity contribution in [3.8, 4) is 21.1 Å². The van der Waals surface area contributed by atoms with Crippen LogP contribution in [0.5, 0.6) is 0 Å². The number of carbonyl (C=O) groups excluding carboxylic acids is 2. The van der Waals surface area contributed by atoms with Gasteiger partial charge in [-0.2, -0.15) is 18.6 Å². The molecule has 0 spiro atoms. The number of aryl methyl sites for hydroxylation is 1. The van der Waals surface area contributed by atoms with Gasteiger partial charge in [0.25, 0.3) is 10.1 Å². The molecule has 1 atom stereocenters. The summed E-state index contributed by atoms with van der Waals surface area (Å²) in [6, 6.07) is 14.5. The molecular formula is C27H22N4O6S3. The summed E-state index contributed by atoms with van der Waals surface area (Å²) in [5.41, 5.74) is 3.95. The quantitative estimate of drug-likeness (QED) is 0.0939. The van der Waals surface area contributed by atoms with E-state index in [4.69, 9.17) is 9.72 Å². The van der Waals surface area contributed by atoms with Crippen LogP contribution in [0.1, 0.15) is 19.4 Å². The first-order chi connectivity index (χ1) is 19.0. The Labute approximate surface area is 237 Å². The molecule has 0 bridgehead atoms. The van der Waals surface area contributed by atoms with Gasteiger partial charge in [0.15, 0.2) is 5.78 Å². The van der Waals surface area contributed by atoms with E-state index in [-0.39, 0.29) is 12.3 Å². The van der Waals surface area contributed by atoms with E-state index >= 15 is 0 Å². The Hall–Kier alpha value is -3.91. The molecule has 13 heteroatoms. The summed E-state index contributed by atoms with van der Waals surface area (Å²) in [6.45, 7) is 4.79. The van der Waals surface area contributed by atoms with Gasteiger partial charge in [-0.3, -0.25) is 9.35 Å². The van der Waals surface area contributed by atoms with Crippen molar-refractivity contribution in [1.29, 1.82) is 0 Å². The molecule has 0 fully saturated rings. The Morgan fingerprint density at radius 3 is 2.17 bits per heavy atom. The normalized spacial score (nSPS) is 12.8. The molecule has 2 heterocycles. The standard InChI is InChI=1S/C27H22N4O6S3/c1-4-37-27(33)24(15(3)32)31-30-20-10-7-17(13-23(20)40(34,35)36)26-29-19-9-6-16(12-22(19)39-26)25-28-18-8-5-14(2)11-21(18)38-25/h5-13,24H,4H2,1-3H3,(H,34,35,36)/t24-/m0/s1. The molecular weight excluding hydrogens is 573 g/mol. The highest BCUT2D eigenvalue weighted by atomic mass is 32.2. The van der Waals surface area contributed by atoms with Gasteiger partial charge in [0.2, 0.25) is 6.04 Å². The predicted octanol–water partition coefficient (Wildman–Crippen LogP) is 6.40. The number of carbonyl (C=O) groups is 2. The first-order valence-corrected chi connectivity index (χ1v) is 15.1. The fraction of sp³-hybridized carbons (Fsp3) is 0.185. The zero-order chi connectivity index (χ0) is 28.6. The van der Waals surface area contributed by atoms with E-state index in [1.807, 2.05) is 37.3 Å². The largest absolute Gasteiger partial charge is 0.464 e. The van der Waals surface area contributed by atoms with Crippen molar-refractivity contribution in [3.05, 3.63) is 60.2 Å². The van der Waals surface area contributed by atoms with E-state index in [1.165, 1.54) is 29.0 Å². The van der Waals surface area contributed by atoms with Gasteiger partial charge in [-0.05, 0) is 74.9 Å². The molecule has 40 heavy (non-hydrogen) atoms. The van der Waals surface area contributed by atoms with E-state index in [1.54, 1.807) is 24.3 Å². The summed E-state index contributed by atoms with van der Waals surface area (Å²) in [6.07, 6.45) is 0. The molecule has 5 aromatic rings. The Balaban J connectivity index is 1.50. The molecule has 1 N–H and O–H groups in total. The molecule has 0 aliphatic carbocycles. The monoisotopic (exact) mass is 594 g/mol. The second-order valence-electron chi connectivity index (χ2n) is 8.83. The minimum Gasteiger partial charge on any atom is -0.464 e. The van der Waals surface area contributed by atoms with Crippen LogP contribution >= 0.6 is 22.7 Å². The third-order valence-electron chi connectivity index (χ3n) is 5.84. The molecule has 0 saturated heterocycles. The van der Waals surface area contributed by atoms with Crippen LogP contribution in [0, 0.1) is 6.92 Å². The number of aromatic nitrogens is 2. The van der Waals surface area contributed by atoms with Crippen molar-refractivity contribution in [2.45, 2.75) is 31.7 Å². The number of hydrogen-bond acceptors (Lipinski definition) is 11. The summed E-state index contributed by atoms with van der Waals surface area (Å²) >= 11 is 2.96. The Bertz CT molecular complexity index is 1930. The molecule has 0 aliphatic heterocycles. The summed E-state index contributed by atoms with van der Waals surface area (Å²) in [5, 5.41) is 8.88. The number of azo groups is 1. The van der Waals surface area contributed by atoms with Gasteiger partial charge in [0, 0.05) is 11.1 Å². The van der Waals surface area contributed by atoms with Crippen LogP contribution in [0.4, 0.5) is 5.69 Å². The number of thiazole rings is 2. The number of hydrogen-bond donors (Lipinski definition) is 1. The summed E-state index contributed by atoms with van der Waals surface area (Å²) < 4.78 is 41.1. The number of esters is 1.